The number of nitrogens with one attached hydrogen (secondary N) is 1. The normalized spacial score (nSPS) is 18.6. The lowest BCUT2D eigenvalue weighted by molar-refractivity contribution is -0.121. The number of rotatable bonds is 3. The van der Waals surface area contributed by atoms with E-state index in [1.807, 2.05) is 0 Å². The molecule has 0 atom stereocenters. The van der Waals surface area contributed by atoms with Gasteiger partial charge in [0.05, 0.1) is 25.0 Å². The van der Waals surface area contributed by atoms with Crippen LogP contribution in [0.2, 0.25) is 0 Å². The van der Waals surface area contributed by atoms with Crippen LogP contribution in [-0.4, -0.2) is 50.6 Å². The number of sulfonamides is 1. The van der Waals surface area contributed by atoms with Gasteiger partial charge in [-0.3, -0.25) is 4.79 Å². The van der Waals surface area contributed by atoms with Gasteiger partial charge in [0.15, 0.2) is 0 Å². The molecule has 1 aromatic carbocycles. The van der Waals surface area contributed by atoms with Gasteiger partial charge in [0.25, 0.3) is 0 Å². The van der Waals surface area contributed by atoms with E-state index in [9.17, 15) is 18.0 Å². The average molecular weight is 312 g/mol. The van der Waals surface area contributed by atoms with Crippen LogP contribution < -0.4 is 5.32 Å². The summed E-state index contributed by atoms with van der Waals surface area (Å²) in [6.45, 7) is 0.0250. The number of carbonyl (C=O) groups excluding carboxylic acids is 2. The number of hydrogen-bond acceptors (Lipinski definition) is 5. The van der Waals surface area contributed by atoms with Crippen LogP contribution in [-0.2, 0) is 26.1 Å². The first-order valence-electron chi connectivity index (χ1n) is 6.34. The fourth-order valence-electron chi connectivity index (χ4n) is 1.98. The highest BCUT2D eigenvalue weighted by Crippen LogP contribution is 2.13. The summed E-state index contributed by atoms with van der Waals surface area (Å²) in [6.07, 6.45) is 0. The minimum absolute atomic E-state index is 0.0945. The summed E-state index contributed by atoms with van der Waals surface area (Å²) in [5.74, 6) is -0.885. The fraction of sp³-hybridized carbons (Fsp3) is 0.385. The van der Waals surface area contributed by atoms with E-state index in [2.05, 4.69) is 10.1 Å². The number of carbonyl (C=O) groups is 2. The van der Waals surface area contributed by atoms with Gasteiger partial charge in [-0.15, -0.1) is 0 Å². The lowest BCUT2D eigenvalue weighted by Gasteiger charge is -2.18. The van der Waals surface area contributed by atoms with Crippen LogP contribution in [0.3, 0.4) is 0 Å². The predicted molar refractivity (Wildman–Crippen MR) is 75.0 cm³/mol. The second-order valence-electron chi connectivity index (χ2n) is 4.62. The van der Waals surface area contributed by atoms with E-state index in [-0.39, 0.29) is 31.3 Å². The van der Waals surface area contributed by atoms with Crippen molar-refractivity contribution in [1.29, 1.82) is 0 Å². The Labute approximate surface area is 122 Å². The third-order valence-corrected chi connectivity index (χ3v) is 4.89. The number of nitrogens with zero attached hydrogens (tertiary/aromatic N) is 1. The Kier molecular flexibility index (Phi) is 4.59. The van der Waals surface area contributed by atoms with Gasteiger partial charge in [0.2, 0.25) is 15.9 Å². The number of hydrogen-bond donors (Lipinski definition) is 1. The molecular weight excluding hydrogens is 296 g/mol. The summed E-state index contributed by atoms with van der Waals surface area (Å²) in [5, 5.41) is 2.53. The molecule has 0 bridgehead atoms. The molecule has 1 aliphatic heterocycles. The van der Waals surface area contributed by atoms with Gasteiger partial charge in [-0.2, -0.15) is 4.31 Å². The van der Waals surface area contributed by atoms with Gasteiger partial charge >= 0.3 is 5.97 Å². The zero-order valence-corrected chi connectivity index (χ0v) is 12.4. The zero-order chi connectivity index (χ0) is 15.5. The Morgan fingerprint density at radius 2 is 2.00 bits per heavy atom. The third-order valence-electron chi connectivity index (χ3n) is 3.13. The van der Waals surface area contributed by atoms with Crippen molar-refractivity contribution in [3.05, 3.63) is 35.4 Å². The van der Waals surface area contributed by atoms with E-state index in [0.717, 1.165) is 4.31 Å². The van der Waals surface area contributed by atoms with E-state index in [0.29, 0.717) is 11.1 Å². The topological polar surface area (TPSA) is 92.8 Å². The Bertz CT molecular complexity index is 639. The quantitative estimate of drug-likeness (QED) is 0.776. The molecular formula is C13H16N2O5S. The minimum Gasteiger partial charge on any atom is -0.465 e. The molecule has 0 aromatic heterocycles. The lowest BCUT2D eigenvalue weighted by Crippen LogP contribution is -2.35. The van der Waals surface area contributed by atoms with Gasteiger partial charge in [0.1, 0.15) is 0 Å². The maximum atomic E-state index is 12.0. The van der Waals surface area contributed by atoms with E-state index in [1.165, 1.54) is 7.11 Å². The highest BCUT2D eigenvalue weighted by atomic mass is 32.2. The van der Waals surface area contributed by atoms with Gasteiger partial charge in [0, 0.05) is 13.1 Å². The van der Waals surface area contributed by atoms with Crippen molar-refractivity contribution in [2.75, 3.05) is 26.0 Å². The highest BCUT2D eigenvalue weighted by molar-refractivity contribution is 7.89. The summed E-state index contributed by atoms with van der Waals surface area (Å²) in [5.41, 5.74) is 1.08. The molecule has 1 aromatic rings. The Balaban J connectivity index is 2.15. The van der Waals surface area contributed by atoms with Crippen molar-refractivity contribution in [2.24, 2.45) is 0 Å². The molecule has 114 valence electrons. The summed E-state index contributed by atoms with van der Waals surface area (Å²) in [6, 6.07) is 6.41. The lowest BCUT2D eigenvalue weighted by atomic mass is 10.1. The first kappa shape index (κ1) is 15.5. The van der Waals surface area contributed by atoms with E-state index < -0.39 is 16.0 Å². The monoisotopic (exact) mass is 312 g/mol. The van der Waals surface area contributed by atoms with Gasteiger partial charge in [-0.05, 0) is 17.7 Å². The van der Waals surface area contributed by atoms with Crippen molar-refractivity contribution in [3.63, 3.8) is 0 Å². The molecule has 1 aliphatic rings. The third kappa shape index (κ3) is 3.79. The fourth-order valence-corrected chi connectivity index (χ4v) is 3.26. The van der Waals surface area contributed by atoms with E-state index in [1.54, 1.807) is 24.3 Å². The van der Waals surface area contributed by atoms with Crippen LogP contribution in [0.25, 0.3) is 0 Å². The zero-order valence-electron chi connectivity index (χ0n) is 11.5. The number of methoxy groups -OCH3 is 1. The molecule has 0 aliphatic carbocycles. The van der Waals surface area contributed by atoms with Crippen molar-refractivity contribution in [1.82, 2.24) is 9.62 Å². The van der Waals surface area contributed by atoms with Crippen molar-refractivity contribution in [3.8, 4) is 0 Å². The number of esters is 1. The van der Waals surface area contributed by atoms with Crippen LogP contribution in [0, 0.1) is 0 Å². The molecule has 1 heterocycles. The molecule has 0 unspecified atom stereocenters. The SMILES string of the molecule is COC(=O)c1ccc(CN2CC(=O)NCCS2(=O)=O)cc1. The van der Waals surface area contributed by atoms with E-state index >= 15 is 0 Å². The van der Waals surface area contributed by atoms with Crippen LogP contribution >= 0.6 is 0 Å². The first-order valence-corrected chi connectivity index (χ1v) is 7.95. The maximum absolute atomic E-state index is 12.0. The summed E-state index contributed by atoms with van der Waals surface area (Å²) in [4.78, 5) is 22.8. The molecule has 0 spiro atoms. The Morgan fingerprint density at radius 3 is 2.62 bits per heavy atom. The number of benzene rings is 1. The molecule has 2 rings (SSSR count). The van der Waals surface area contributed by atoms with Crippen LogP contribution in [0.4, 0.5) is 0 Å². The predicted octanol–water partition coefficient (Wildman–Crippen LogP) is -0.265. The van der Waals surface area contributed by atoms with Crippen molar-refractivity contribution >= 4 is 21.9 Å². The smallest absolute Gasteiger partial charge is 0.337 e. The average Bonchev–Trinajstić information content (AvgIpc) is 2.57. The maximum Gasteiger partial charge on any atom is 0.337 e. The van der Waals surface area contributed by atoms with Crippen molar-refractivity contribution < 1.29 is 22.7 Å². The first-order chi connectivity index (χ1) is 9.92. The van der Waals surface area contributed by atoms with Crippen molar-refractivity contribution in [2.45, 2.75) is 6.54 Å². The molecule has 0 saturated carbocycles. The largest absolute Gasteiger partial charge is 0.465 e. The minimum atomic E-state index is -3.46. The summed E-state index contributed by atoms with van der Waals surface area (Å²) in [7, 11) is -2.17. The second-order valence-corrected chi connectivity index (χ2v) is 6.71. The molecule has 1 N–H and O–H groups in total. The van der Waals surface area contributed by atoms with Gasteiger partial charge in [-0.1, -0.05) is 12.1 Å². The Hall–Kier alpha value is -1.93. The Morgan fingerprint density at radius 1 is 1.33 bits per heavy atom. The molecule has 0 radical (unpaired) electrons. The summed E-state index contributed by atoms with van der Waals surface area (Å²) >= 11 is 0. The summed E-state index contributed by atoms with van der Waals surface area (Å²) < 4.78 is 29.8. The van der Waals surface area contributed by atoms with Crippen LogP contribution in [0.5, 0.6) is 0 Å². The van der Waals surface area contributed by atoms with E-state index in [4.69, 9.17) is 0 Å². The standard InChI is InChI=1S/C13H16N2O5S/c1-20-13(17)11-4-2-10(3-5-11)8-15-9-12(16)14-6-7-21(15,18)19/h2-5H,6-9H2,1H3,(H,14,16). The molecule has 7 nitrogen and oxygen atoms in total. The van der Waals surface area contributed by atoms with Gasteiger partial charge < -0.3 is 10.1 Å². The molecule has 1 fully saturated rings. The van der Waals surface area contributed by atoms with Crippen LogP contribution in [0.15, 0.2) is 24.3 Å². The molecule has 1 amide bonds. The van der Waals surface area contributed by atoms with Gasteiger partial charge in [-0.25, -0.2) is 13.2 Å². The number of amides is 1. The van der Waals surface area contributed by atoms with Crippen LogP contribution in [0.1, 0.15) is 15.9 Å². The second kappa shape index (κ2) is 6.23. The molecule has 21 heavy (non-hydrogen) atoms. The molecule has 1 saturated heterocycles. The number of ether oxygens (including phenoxy) is 1. The highest BCUT2D eigenvalue weighted by Gasteiger charge is 2.27. The molecule has 8 heteroatoms.